The van der Waals surface area contributed by atoms with Gasteiger partial charge < -0.3 is 4.98 Å². The third-order valence-corrected chi connectivity index (χ3v) is 8.75. The molecule has 0 unspecified atom stereocenters. The smallest absolute Gasteiger partial charge is 0.306 e. The van der Waals surface area contributed by atoms with Gasteiger partial charge in [-0.1, -0.05) is 29.3 Å². The highest BCUT2D eigenvalue weighted by atomic mass is 35.5. The molecule has 0 atom stereocenters. The third-order valence-electron chi connectivity index (χ3n) is 4.65. The van der Waals surface area contributed by atoms with Crippen LogP contribution in [0.4, 0.5) is 0 Å². The van der Waals surface area contributed by atoms with Gasteiger partial charge >= 0.3 is 5.69 Å². The molecule has 0 saturated carbocycles. The number of rotatable bonds is 6. The summed E-state index contributed by atoms with van der Waals surface area (Å²) in [4.78, 5) is 40.2. The second-order valence-electron chi connectivity index (χ2n) is 7.16. The zero-order valence-electron chi connectivity index (χ0n) is 16.8. The van der Waals surface area contributed by atoms with Crippen molar-refractivity contribution in [1.82, 2.24) is 19.7 Å². The van der Waals surface area contributed by atoms with Crippen molar-refractivity contribution in [2.45, 2.75) is 17.6 Å². The number of fused-ring (bicyclic) bond motifs is 1. The zero-order chi connectivity index (χ0) is 23.9. The number of benzene rings is 1. The first kappa shape index (κ1) is 23.3. The second-order valence-corrected chi connectivity index (χ2v) is 11.4. The number of H-pyrrole nitrogens is 1. The summed E-state index contributed by atoms with van der Waals surface area (Å²) in [5.74, 6) is -1.41. The van der Waals surface area contributed by atoms with E-state index in [1.807, 2.05) is 6.92 Å². The fraction of sp³-hybridized carbons (Fsp3) is 0.150. The van der Waals surface area contributed by atoms with Gasteiger partial charge in [0.05, 0.1) is 28.0 Å². The number of hydrogen-bond acceptors (Lipinski definition) is 8. The van der Waals surface area contributed by atoms with Crippen molar-refractivity contribution in [2.75, 3.05) is 5.75 Å². The van der Waals surface area contributed by atoms with Crippen LogP contribution < -0.4 is 11.2 Å². The molecule has 0 bridgehead atoms. The van der Waals surface area contributed by atoms with Gasteiger partial charge in [-0.15, -0.1) is 16.4 Å². The van der Waals surface area contributed by atoms with E-state index in [4.69, 9.17) is 23.2 Å². The van der Waals surface area contributed by atoms with E-state index in [-0.39, 0.29) is 31.5 Å². The lowest BCUT2D eigenvalue weighted by molar-refractivity contribution is -0.116. The molecule has 3 aromatic heterocycles. The van der Waals surface area contributed by atoms with E-state index in [2.05, 4.69) is 15.2 Å². The number of thiophene rings is 1. The molecule has 4 aromatic rings. The molecule has 1 N–H and O–H groups in total. The van der Waals surface area contributed by atoms with Gasteiger partial charge in [0.25, 0.3) is 5.56 Å². The van der Waals surface area contributed by atoms with Crippen molar-refractivity contribution in [3.8, 4) is 5.82 Å². The van der Waals surface area contributed by atoms with Crippen LogP contribution in [0.1, 0.15) is 11.3 Å². The second kappa shape index (κ2) is 8.82. The number of aromatic amines is 1. The van der Waals surface area contributed by atoms with Crippen molar-refractivity contribution >= 4 is 61.1 Å². The highest BCUT2D eigenvalue weighted by Gasteiger charge is 2.23. The number of aromatic nitrogens is 4. The number of carbonyl (C=O) groups excluding carboxylic acids is 1. The van der Waals surface area contributed by atoms with Crippen molar-refractivity contribution in [3.63, 3.8) is 0 Å². The molecule has 4 rings (SSSR count). The number of carbonyl (C=O) groups is 1. The summed E-state index contributed by atoms with van der Waals surface area (Å²) < 4.78 is 25.7. The van der Waals surface area contributed by atoms with Gasteiger partial charge in [-0.3, -0.25) is 9.59 Å². The molecule has 0 aliphatic heterocycles. The summed E-state index contributed by atoms with van der Waals surface area (Å²) in [5.41, 5.74) is 0.228. The van der Waals surface area contributed by atoms with Crippen molar-refractivity contribution in [3.05, 3.63) is 77.9 Å². The summed E-state index contributed by atoms with van der Waals surface area (Å²) in [7, 11) is -3.91. The van der Waals surface area contributed by atoms with E-state index in [0.29, 0.717) is 10.9 Å². The van der Waals surface area contributed by atoms with Gasteiger partial charge in [-0.25, -0.2) is 17.8 Å². The van der Waals surface area contributed by atoms with E-state index >= 15 is 0 Å². The standard InChI is InChI=1S/C20H14Cl2N4O5S2/c1-10-2-4-13-15(6-10)23-20(29)26(19(13)28)16-5-3-11(24-25-16)7-12(27)9-33(30,31)17-8-14(21)18(22)32-17/h2-6,8H,7,9H2,1H3,(H,23,29). The maximum Gasteiger partial charge on any atom is 0.334 e. The van der Waals surface area contributed by atoms with E-state index in [1.165, 1.54) is 18.2 Å². The predicted octanol–water partition coefficient (Wildman–Crippen LogP) is 2.73. The molecular weight excluding hydrogens is 511 g/mol. The van der Waals surface area contributed by atoms with Crippen LogP contribution in [0.3, 0.4) is 0 Å². The molecule has 9 nitrogen and oxygen atoms in total. The maximum atomic E-state index is 12.8. The first-order chi connectivity index (χ1) is 15.5. The molecule has 0 radical (unpaired) electrons. The van der Waals surface area contributed by atoms with E-state index in [0.717, 1.165) is 21.5 Å². The summed E-state index contributed by atoms with van der Waals surface area (Å²) in [5, 5.41) is 8.16. The molecule has 13 heteroatoms. The zero-order valence-corrected chi connectivity index (χ0v) is 20.0. The van der Waals surface area contributed by atoms with Gasteiger partial charge in [-0.2, -0.15) is 5.10 Å². The first-order valence-corrected chi connectivity index (χ1v) is 12.6. The molecule has 33 heavy (non-hydrogen) atoms. The monoisotopic (exact) mass is 524 g/mol. The van der Waals surface area contributed by atoms with Crippen molar-refractivity contribution in [1.29, 1.82) is 0 Å². The number of Topliss-reactive ketones (excluding diaryl/α,β-unsaturated/α-hetero) is 1. The Morgan fingerprint density at radius 2 is 1.88 bits per heavy atom. The SMILES string of the molecule is Cc1ccc2c(=O)n(-c3ccc(CC(=O)CS(=O)(=O)c4cc(Cl)c(Cl)s4)nn3)c(=O)[nH]c2c1. The van der Waals surface area contributed by atoms with Crippen LogP contribution in [-0.4, -0.2) is 39.7 Å². The number of aryl methyl sites for hydroxylation is 1. The van der Waals surface area contributed by atoms with E-state index < -0.39 is 32.6 Å². The first-order valence-electron chi connectivity index (χ1n) is 9.33. The lowest BCUT2D eigenvalue weighted by Crippen LogP contribution is -2.34. The Morgan fingerprint density at radius 1 is 1.12 bits per heavy atom. The summed E-state index contributed by atoms with van der Waals surface area (Å²) in [6.45, 7) is 1.84. The van der Waals surface area contributed by atoms with Gasteiger partial charge in [-0.05, 0) is 42.8 Å². The van der Waals surface area contributed by atoms with Gasteiger partial charge in [0.1, 0.15) is 14.3 Å². The molecule has 0 amide bonds. The minimum Gasteiger partial charge on any atom is -0.306 e. The van der Waals surface area contributed by atoms with Gasteiger partial charge in [0, 0.05) is 0 Å². The molecule has 0 saturated heterocycles. The Hall–Kier alpha value is -2.86. The fourth-order valence-corrected chi connectivity index (χ4v) is 6.33. The average Bonchev–Trinajstić information content (AvgIpc) is 3.08. The van der Waals surface area contributed by atoms with Crippen LogP contribution in [0.15, 0.2) is 50.2 Å². The largest absolute Gasteiger partial charge is 0.334 e. The molecule has 3 heterocycles. The minimum absolute atomic E-state index is 0.0320. The number of nitrogens with one attached hydrogen (secondary N) is 1. The fourth-order valence-electron chi connectivity index (χ4n) is 3.12. The maximum absolute atomic E-state index is 12.8. The van der Waals surface area contributed by atoms with Crippen LogP contribution in [0.2, 0.25) is 9.36 Å². The number of sulfone groups is 1. The van der Waals surface area contributed by atoms with Crippen LogP contribution in [0.5, 0.6) is 0 Å². The van der Waals surface area contributed by atoms with Crippen molar-refractivity contribution in [2.24, 2.45) is 0 Å². The highest BCUT2D eigenvalue weighted by molar-refractivity contribution is 7.94. The molecule has 1 aromatic carbocycles. The molecular formula is C20H14Cl2N4O5S2. The van der Waals surface area contributed by atoms with Crippen molar-refractivity contribution < 1.29 is 13.2 Å². The molecule has 0 aliphatic carbocycles. The van der Waals surface area contributed by atoms with Gasteiger partial charge in [0.15, 0.2) is 21.4 Å². The topological polar surface area (TPSA) is 132 Å². The average molecular weight is 525 g/mol. The van der Waals surface area contributed by atoms with Crippen LogP contribution >= 0.6 is 34.5 Å². The number of ketones is 1. The molecule has 170 valence electrons. The minimum atomic E-state index is -3.91. The van der Waals surface area contributed by atoms with Crippen LogP contribution in [0.25, 0.3) is 16.7 Å². The Balaban J connectivity index is 1.55. The summed E-state index contributed by atoms with van der Waals surface area (Å²) >= 11 is 12.4. The van der Waals surface area contributed by atoms with Gasteiger partial charge in [0.2, 0.25) is 0 Å². The molecule has 0 fully saturated rings. The third kappa shape index (κ3) is 4.76. The lowest BCUT2D eigenvalue weighted by atomic mass is 10.2. The number of nitrogens with zero attached hydrogens (tertiary/aromatic N) is 3. The Labute approximate surface area is 200 Å². The summed E-state index contributed by atoms with van der Waals surface area (Å²) in [6, 6.07) is 9.00. The normalized spacial score (nSPS) is 11.7. The van der Waals surface area contributed by atoms with E-state index in [9.17, 15) is 22.8 Å². The Bertz CT molecular complexity index is 1600. The summed E-state index contributed by atoms with van der Waals surface area (Å²) in [6.07, 6.45) is -0.304. The van der Waals surface area contributed by atoms with Crippen LogP contribution in [-0.2, 0) is 21.1 Å². The molecule has 0 aliphatic rings. The predicted molar refractivity (Wildman–Crippen MR) is 126 cm³/mol. The molecule has 0 spiro atoms. The highest BCUT2D eigenvalue weighted by Crippen LogP contribution is 2.34. The number of hydrogen-bond donors (Lipinski definition) is 1. The van der Waals surface area contributed by atoms with E-state index in [1.54, 1.807) is 18.2 Å². The Morgan fingerprint density at radius 3 is 2.52 bits per heavy atom. The quantitative estimate of drug-likeness (QED) is 0.410. The Kier molecular flexibility index (Phi) is 6.23. The lowest BCUT2D eigenvalue weighted by Gasteiger charge is -2.06. The van der Waals surface area contributed by atoms with Crippen LogP contribution in [0, 0.1) is 6.92 Å². The number of halogens is 2.